The molecule has 110 valence electrons. The van der Waals surface area contributed by atoms with E-state index >= 15 is 0 Å². The number of aryl methyl sites for hydroxylation is 1. The van der Waals surface area contributed by atoms with Crippen LogP contribution in [0.5, 0.6) is 0 Å². The maximum atomic E-state index is 11.3. The van der Waals surface area contributed by atoms with E-state index in [-0.39, 0.29) is 5.91 Å². The molecule has 3 nitrogen and oxygen atoms in total. The first-order valence-electron chi connectivity index (χ1n) is 6.92. The van der Waals surface area contributed by atoms with Crippen molar-refractivity contribution in [2.24, 2.45) is 0 Å². The van der Waals surface area contributed by atoms with Gasteiger partial charge in [0.15, 0.2) is 0 Å². The summed E-state index contributed by atoms with van der Waals surface area (Å²) >= 11 is 5.38. The lowest BCUT2D eigenvalue weighted by Crippen LogP contribution is -2.48. The molecule has 1 amide bonds. The standard InChI is InChI=1S/C15H22N2OS2/c1-13(18)16-7-9-17(10-8-16)15-4-2-14(3-5-15)6-11-20-12-19/h2-5,12,19-20H,6-11H2,1H3. The third kappa shape index (κ3) is 4.28. The number of hydrogen-bond acceptors (Lipinski definition) is 2. The molecule has 1 aromatic rings. The Bertz CT molecular complexity index is 465. The van der Waals surface area contributed by atoms with Crippen LogP contribution in [0.2, 0.25) is 0 Å². The molecule has 2 rings (SSSR count). The van der Waals surface area contributed by atoms with Gasteiger partial charge >= 0.3 is 0 Å². The van der Waals surface area contributed by atoms with Crippen molar-refractivity contribution < 1.29 is 4.79 Å². The molecule has 0 saturated carbocycles. The van der Waals surface area contributed by atoms with E-state index in [4.69, 9.17) is 0 Å². The summed E-state index contributed by atoms with van der Waals surface area (Å²) in [5.74, 6) is 1.31. The molecule has 0 N–H and O–H groups in total. The van der Waals surface area contributed by atoms with Gasteiger partial charge in [0.05, 0.1) is 0 Å². The smallest absolute Gasteiger partial charge is 0.219 e. The topological polar surface area (TPSA) is 23.6 Å². The first-order chi connectivity index (χ1) is 9.70. The lowest BCUT2D eigenvalue weighted by Gasteiger charge is -2.35. The molecule has 1 fully saturated rings. The summed E-state index contributed by atoms with van der Waals surface area (Å²) in [7, 11) is 0. The molecule has 1 saturated heterocycles. The maximum absolute atomic E-state index is 11.3. The van der Waals surface area contributed by atoms with Gasteiger partial charge in [0.2, 0.25) is 5.91 Å². The molecule has 0 spiro atoms. The van der Waals surface area contributed by atoms with Crippen LogP contribution >= 0.6 is 24.0 Å². The Kier molecular flexibility index (Phi) is 5.98. The summed E-state index contributed by atoms with van der Waals surface area (Å²) in [6.45, 7) is 5.14. The monoisotopic (exact) mass is 310 g/mol. The van der Waals surface area contributed by atoms with Gasteiger partial charge in [-0.05, 0) is 34.6 Å². The molecule has 0 aliphatic carbocycles. The van der Waals surface area contributed by atoms with E-state index in [1.165, 1.54) is 22.6 Å². The average Bonchev–Trinajstić information content (AvgIpc) is 2.48. The largest absolute Gasteiger partial charge is 0.368 e. The van der Waals surface area contributed by atoms with Crippen molar-refractivity contribution in [2.75, 3.05) is 36.8 Å². The predicted molar refractivity (Wildman–Crippen MR) is 93.5 cm³/mol. The van der Waals surface area contributed by atoms with Crippen LogP contribution in [0.25, 0.3) is 0 Å². The molecule has 20 heavy (non-hydrogen) atoms. The number of piperazine rings is 1. The number of benzene rings is 1. The molecular weight excluding hydrogens is 288 g/mol. The maximum Gasteiger partial charge on any atom is 0.219 e. The Labute approximate surface area is 130 Å². The molecule has 0 bridgehead atoms. The summed E-state index contributed by atoms with van der Waals surface area (Å²) < 4.78 is 1.89. The van der Waals surface area contributed by atoms with E-state index in [0.29, 0.717) is 0 Å². The fourth-order valence-electron chi connectivity index (χ4n) is 2.40. The zero-order valence-electron chi connectivity index (χ0n) is 11.8. The second-order valence-corrected chi connectivity index (χ2v) is 6.67. The number of carbonyl (C=O) groups excluding carboxylic acids is 1. The highest BCUT2D eigenvalue weighted by atomic mass is 32.2. The van der Waals surface area contributed by atoms with E-state index in [0.717, 1.165) is 38.4 Å². The van der Waals surface area contributed by atoms with E-state index in [9.17, 15) is 4.79 Å². The quantitative estimate of drug-likeness (QED) is 0.657. The fraction of sp³-hybridized carbons (Fsp3) is 0.467. The Hall–Kier alpha value is -0.940. The zero-order valence-corrected chi connectivity index (χ0v) is 13.6. The van der Waals surface area contributed by atoms with Gasteiger partial charge < -0.3 is 9.80 Å². The number of amides is 1. The van der Waals surface area contributed by atoms with Gasteiger partial charge in [-0.1, -0.05) is 12.1 Å². The Morgan fingerprint density at radius 2 is 1.90 bits per heavy atom. The lowest BCUT2D eigenvalue weighted by atomic mass is 10.1. The molecule has 0 atom stereocenters. The summed E-state index contributed by atoms with van der Waals surface area (Å²) in [5, 5.41) is 0. The van der Waals surface area contributed by atoms with Crippen LogP contribution in [0, 0.1) is 0 Å². The van der Waals surface area contributed by atoms with Crippen molar-refractivity contribution in [3.05, 3.63) is 29.8 Å². The van der Waals surface area contributed by atoms with Gasteiger partial charge in [-0.15, -0.1) is 12.6 Å². The van der Waals surface area contributed by atoms with Crippen LogP contribution in [0.4, 0.5) is 5.69 Å². The number of thiol groups is 2. The normalized spacial score (nSPS) is 16.3. The van der Waals surface area contributed by atoms with E-state index in [2.05, 4.69) is 41.8 Å². The van der Waals surface area contributed by atoms with Gasteiger partial charge in [0.25, 0.3) is 0 Å². The van der Waals surface area contributed by atoms with Crippen LogP contribution in [-0.4, -0.2) is 47.4 Å². The van der Waals surface area contributed by atoms with Crippen LogP contribution < -0.4 is 4.90 Å². The minimum absolute atomic E-state index is 0.181. The SMILES string of the molecule is CC(=O)N1CCN(c2ccc(CC[SH]=CS)cc2)CC1. The Balaban J connectivity index is 1.89. The number of anilines is 1. The van der Waals surface area contributed by atoms with Crippen molar-refractivity contribution in [1.82, 2.24) is 4.90 Å². The molecule has 1 aliphatic heterocycles. The zero-order chi connectivity index (χ0) is 14.4. The molecule has 0 unspecified atom stereocenters. The van der Waals surface area contributed by atoms with Crippen LogP contribution in [0.3, 0.4) is 0 Å². The molecule has 1 heterocycles. The van der Waals surface area contributed by atoms with Crippen molar-refractivity contribution in [1.29, 1.82) is 0 Å². The fourth-order valence-corrected chi connectivity index (χ4v) is 3.25. The third-order valence-electron chi connectivity index (χ3n) is 3.64. The predicted octanol–water partition coefficient (Wildman–Crippen LogP) is 2.05. The molecular formula is C15H22N2OS2. The minimum atomic E-state index is 0.181. The molecule has 0 aromatic heterocycles. The van der Waals surface area contributed by atoms with Crippen LogP contribution in [0.1, 0.15) is 12.5 Å². The second-order valence-electron chi connectivity index (χ2n) is 4.93. The van der Waals surface area contributed by atoms with Crippen LogP contribution in [-0.2, 0) is 11.2 Å². The Morgan fingerprint density at radius 1 is 1.25 bits per heavy atom. The number of carbonyl (C=O) groups is 1. The number of hydrogen-bond donors (Lipinski definition) is 2. The summed E-state index contributed by atoms with van der Waals surface area (Å²) in [6.07, 6.45) is 1.09. The highest BCUT2D eigenvalue weighted by Gasteiger charge is 2.18. The second kappa shape index (κ2) is 7.74. The van der Waals surface area contributed by atoms with E-state index in [1.807, 2.05) is 9.60 Å². The summed E-state index contributed by atoms with van der Waals surface area (Å²) in [4.78, 5) is 15.6. The van der Waals surface area contributed by atoms with Crippen molar-refractivity contribution in [3.8, 4) is 0 Å². The highest BCUT2D eigenvalue weighted by Crippen LogP contribution is 2.18. The van der Waals surface area contributed by atoms with Crippen molar-refractivity contribution in [3.63, 3.8) is 0 Å². The van der Waals surface area contributed by atoms with Gasteiger partial charge in [0.1, 0.15) is 0 Å². The Morgan fingerprint density at radius 3 is 2.45 bits per heavy atom. The summed E-state index contributed by atoms with van der Waals surface area (Å²) in [5.41, 5.74) is 2.63. The molecule has 1 aromatic carbocycles. The van der Waals surface area contributed by atoms with Gasteiger partial charge in [0, 0.05) is 38.8 Å². The first kappa shape index (κ1) is 15.4. The average molecular weight is 310 g/mol. The van der Waals surface area contributed by atoms with Crippen molar-refractivity contribution in [2.45, 2.75) is 13.3 Å². The minimum Gasteiger partial charge on any atom is -0.368 e. The van der Waals surface area contributed by atoms with E-state index in [1.54, 1.807) is 6.92 Å². The van der Waals surface area contributed by atoms with Gasteiger partial charge in [-0.3, -0.25) is 4.79 Å². The number of rotatable bonds is 4. The van der Waals surface area contributed by atoms with Gasteiger partial charge in [-0.25, -0.2) is 0 Å². The molecule has 0 radical (unpaired) electrons. The lowest BCUT2D eigenvalue weighted by molar-refractivity contribution is -0.129. The summed E-state index contributed by atoms with van der Waals surface area (Å²) in [6, 6.07) is 8.81. The van der Waals surface area contributed by atoms with Crippen molar-refractivity contribution >= 4 is 40.3 Å². The van der Waals surface area contributed by atoms with Gasteiger partial charge in [-0.2, -0.15) is 11.4 Å². The number of nitrogens with zero attached hydrogens (tertiary/aromatic N) is 2. The van der Waals surface area contributed by atoms with Crippen LogP contribution in [0.15, 0.2) is 24.3 Å². The third-order valence-corrected chi connectivity index (χ3v) is 4.77. The van der Waals surface area contributed by atoms with E-state index < -0.39 is 0 Å². The molecule has 5 heteroatoms. The molecule has 1 aliphatic rings. The first-order valence-corrected chi connectivity index (χ1v) is 8.59. The highest BCUT2D eigenvalue weighted by molar-refractivity contribution is 8.15.